The van der Waals surface area contributed by atoms with Gasteiger partial charge in [-0.1, -0.05) is 24.3 Å². The first kappa shape index (κ1) is 16.4. The summed E-state index contributed by atoms with van der Waals surface area (Å²) in [7, 11) is 1.23. The Balaban J connectivity index is 2.15. The highest BCUT2D eigenvalue weighted by atomic mass is 16.5. The summed E-state index contributed by atoms with van der Waals surface area (Å²) in [5.41, 5.74) is 0.999. The molecule has 1 amide bonds. The summed E-state index contributed by atoms with van der Waals surface area (Å²) in [6.45, 7) is 0. The average molecular weight is 315 g/mol. The largest absolute Gasteiger partial charge is 0.504 e. The molecule has 0 saturated carbocycles. The fourth-order valence-electron chi connectivity index (χ4n) is 2.10. The van der Waals surface area contributed by atoms with Crippen LogP contribution in [-0.4, -0.2) is 35.2 Å². The predicted octanol–water partition coefficient (Wildman–Crippen LogP) is 1.61. The fraction of sp³-hybridized carbons (Fsp3) is 0.176. The summed E-state index contributed by atoms with van der Waals surface area (Å²) in [6, 6.07) is 11.8. The van der Waals surface area contributed by atoms with Gasteiger partial charge in [0, 0.05) is 12.0 Å². The van der Waals surface area contributed by atoms with E-state index >= 15 is 0 Å². The first-order valence-corrected chi connectivity index (χ1v) is 6.96. The number of aromatic hydroxyl groups is 2. The molecule has 0 heterocycles. The van der Waals surface area contributed by atoms with Crippen LogP contribution in [0.15, 0.2) is 48.5 Å². The van der Waals surface area contributed by atoms with Crippen LogP contribution >= 0.6 is 0 Å². The normalized spacial score (nSPS) is 11.5. The molecule has 0 saturated heterocycles. The van der Waals surface area contributed by atoms with Gasteiger partial charge in [0.15, 0.2) is 11.5 Å². The zero-order chi connectivity index (χ0) is 16.8. The van der Waals surface area contributed by atoms with Gasteiger partial charge in [0.2, 0.25) is 0 Å². The molecular weight excluding hydrogens is 298 g/mol. The Labute approximate surface area is 133 Å². The van der Waals surface area contributed by atoms with Crippen molar-refractivity contribution in [1.29, 1.82) is 0 Å². The topological polar surface area (TPSA) is 95.9 Å². The van der Waals surface area contributed by atoms with Crippen molar-refractivity contribution in [1.82, 2.24) is 5.32 Å². The van der Waals surface area contributed by atoms with Crippen LogP contribution in [0, 0.1) is 0 Å². The van der Waals surface area contributed by atoms with Gasteiger partial charge in [0.05, 0.1) is 7.11 Å². The van der Waals surface area contributed by atoms with Gasteiger partial charge in [0.1, 0.15) is 6.04 Å². The van der Waals surface area contributed by atoms with Gasteiger partial charge in [-0.3, -0.25) is 4.79 Å². The lowest BCUT2D eigenvalue weighted by molar-refractivity contribution is -0.142. The molecule has 1 atom stereocenters. The standard InChI is InChI=1S/C17H17NO5/c1-23-17(22)13(9-11-7-8-14(19)15(20)10-11)18-16(21)12-5-3-2-4-6-12/h2-8,10,13,19-20H,9H2,1H3,(H,18,21)/t13-/m0/s1. The second kappa shape index (κ2) is 7.31. The number of nitrogens with one attached hydrogen (secondary N) is 1. The molecule has 0 aliphatic carbocycles. The van der Waals surface area contributed by atoms with Gasteiger partial charge in [-0.05, 0) is 29.8 Å². The van der Waals surface area contributed by atoms with Crippen LogP contribution in [0.2, 0.25) is 0 Å². The predicted molar refractivity (Wildman–Crippen MR) is 83.2 cm³/mol. The van der Waals surface area contributed by atoms with Crippen molar-refractivity contribution >= 4 is 11.9 Å². The van der Waals surface area contributed by atoms with E-state index in [1.165, 1.54) is 19.2 Å². The number of esters is 1. The zero-order valence-corrected chi connectivity index (χ0v) is 12.5. The summed E-state index contributed by atoms with van der Waals surface area (Å²) >= 11 is 0. The van der Waals surface area contributed by atoms with Crippen molar-refractivity contribution in [3.63, 3.8) is 0 Å². The van der Waals surface area contributed by atoms with Crippen LogP contribution in [0.5, 0.6) is 11.5 Å². The molecule has 0 aliphatic heterocycles. The van der Waals surface area contributed by atoms with Crippen LogP contribution in [0.1, 0.15) is 15.9 Å². The van der Waals surface area contributed by atoms with Crippen molar-refractivity contribution in [2.45, 2.75) is 12.5 Å². The van der Waals surface area contributed by atoms with Crippen LogP contribution in [0.3, 0.4) is 0 Å². The lowest BCUT2D eigenvalue weighted by atomic mass is 10.0. The lowest BCUT2D eigenvalue weighted by Gasteiger charge is -2.17. The van der Waals surface area contributed by atoms with Gasteiger partial charge < -0.3 is 20.3 Å². The third kappa shape index (κ3) is 4.23. The zero-order valence-electron chi connectivity index (χ0n) is 12.5. The minimum Gasteiger partial charge on any atom is -0.504 e. The van der Waals surface area contributed by atoms with E-state index in [0.717, 1.165) is 0 Å². The maximum Gasteiger partial charge on any atom is 0.328 e. The number of rotatable bonds is 5. The minimum absolute atomic E-state index is 0.124. The van der Waals surface area contributed by atoms with E-state index in [-0.39, 0.29) is 17.9 Å². The number of phenolic OH excluding ortho intramolecular Hbond substituents is 2. The average Bonchev–Trinajstić information content (AvgIpc) is 2.57. The Morgan fingerprint density at radius 1 is 1.09 bits per heavy atom. The second-order valence-electron chi connectivity index (χ2n) is 4.94. The molecule has 0 fully saturated rings. The molecule has 0 aromatic heterocycles. The highest BCUT2D eigenvalue weighted by molar-refractivity contribution is 5.96. The van der Waals surface area contributed by atoms with Gasteiger partial charge in [-0.2, -0.15) is 0 Å². The molecule has 0 bridgehead atoms. The number of hydrogen-bond donors (Lipinski definition) is 3. The molecule has 120 valence electrons. The molecule has 0 radical (unpaired) electrons. The van der Waals surface area contributed by atoms with Gasteiger partial charge in [0.25, 0.3) is 5.91 Å². The molecule has 2 aromatic carbocycles. The third-order valence-corrected chi connectivity index (χ3v) is 3.31. The van der Waals surface area contributed by atoms with E-state index < -0.39 is 17.9 Å². The first-order valence-electron chi connectivity index (χ1n) is 6.96. The maximum atomic E-state index is 12.2. The quantitative estimate of drug-likeness (QED) is 0.575. The number of amides is 1. The second-order valence-corrected chi connectivity index (χ2v) is 4.94. The molecule has 0 aliphatic rings. The summed E-state index contributed by atoms with van der Waals surface area (Å²) in [5, 5.41) is 21.4. The van der Waals surface area contributed by atoms with Gasteiger partial charge in [-0.25, -0.2) is 4.79 Å². The SMILES string of the molecule is COC(=O)[C@H](Cc1ccc(O)c(O)c1)NC(=O)c1ccccc1. The summed E-state index contributed by atoms with van der Waals surface area (Å²) in [4.78, 5) is 24.1. The number of carbonyl (C=O) groups is 2. The summed E-state index contributed by atoms with van der Waals surface area (Å²) in [6.07, 6.45) is 0.124. The van der Waals surface area contributed by atoms with E-state index in [2.05, 4.69) is 5.32 Å². The number of phenols is 2. The monoisotopic (exact) mass is 315 g/mol. The van der Waals surface area contributed by atoms with Gasteiger partial charge >= 0.3 is 5.97 Å². The van der Waals surface area contributed by atoms with Crippen molar-refractivity contribution in [3.05, 3.63) is 59.7 Å². The lowest BCUT2D eigenvalue weighted by Crippen LogP contribution is -2.43. The van der Waals surface area contributed by atoms with Crippen molar-refractivity contribution < 1.29 is 24.5 Å². The Hall–Kier alpha value is -3.02. The smallest absolute Gasteiger partial charge is 0.328 e. The Morgan fingerprint density at radius 2 is 1.78 bits per heavy atom. The Kier molecular flexibility index (Phi) is 5.19. The van der Waals surface area contributed by atoms with Gasteiger partial charge in [-0.15, -0.1) is 0 Å². The molecule has 6 nitrogen and oxygen atoms in total. The molecule has 3 N–H and O–H groups in total. The highest BCUT2D eigenvalue weighted by Gasteiger charge is 2.23. The Morgan fingerprint density at radius 3 is 2.39 bits per heavy atom. The van der Waals surface area contributed by atoms with Crippen LogP contribution in [0.4, 0.5) is 0 Å². The first-order chi connectivity index (χ1) is 11.0. The molecule has 2 aromatic rings. The molecule has 6 heteroatoms. The Bertz CT molecular complexity index is 699. The van der Waals surface area contributed by atoms with Crippen molar-refractivity contribution in [2.75, 3.05) is 7.11 Å². The van der Waals surface area contributed by atoms with E-state index in [4.69, 9.17) is 4.74 Å². The maximum absolute atomic E-state index is 12.2. The van der Waals surface area contributed by atoms with Crippen LogP contribution in [0.25, 0.3) is 0 Å². The minimum atomic E-state index is -0.906. The molecule has 0 unspecified atom stereocenters. The third-order valence-electron chi connectivity index (χ3n) is 3.31. The van der Waals surface area contributed by atoms with E-state index in [1.54, 1.807) is 36.4 Å². The number of benzene rings is 2. The molecule has 2 rings (SSSR count). The van der Waals surface area contributed by atoms with Crippen LogP contribution < -0.4 is 5.32 Å². The molecular formula is C17H17NO5. The summed E-state index contributed by atoms with van der Waals surface area (Å²) < 4.78 is 4.71. The molecule has 23 heavy (non-hydrogen) atoms. The fourth-order valence-corrected chi connectivity index (χ4v) is 2.10. The summed E-state index contributed by atoms with van der Waals surface area (Å²) in [5.74, 6) is -1.54. The van der Waals surface area contributed by atoms with Crippen molar-refractivity contribution in [3.8, 4) is 11.5 Å². The van der Waals surface area contributed by atoms with E-state index in [1.807, 2.05) is 0 Å². The van der Waals surface area contributed by atoms with Crippen molar-refractivity contribution in [2.24, 2.45) is 0 Å². The number of carbonyl (C=O) groups excluding carboxylic acids is 2. The highest BCUT2D eigenvalue weighted by Crippen LogP contribution is 2.25. The van der Waals surface area contributed by atoms with E-state index in [9.17, 15) is 19.8 Å². The number of methoxy groups -OCH3 is 1. The van der Waals surface area contributed by atoms with Crippen LogP contribution in [-0.2, 0) is 16.0 Å². The van der Waals surface area contributed by atoms with E-state index in [0.29, 0.717) is 11.1 Å². The number of hydrogen-bond acceptors (Lipinski definition) is 5. The number of ether oxygens (including phenoxy) is 1. The molecule has 0 spiro atoms.